The van der Waals surface area contributed by atoms with Gasteiger partial charge in [0.25, 0.3) is 0 Å². The molecule has 28 heavy (non-hydrogen) atoms. The zero-order valence-electron chi connectivity index (χ0n) is 16.8. The van der Waals surface area contributed by atoms with Crippen LogP contribution in [0.1, 0.15) is 51.0 Å². The third-order valence-electron chi connectivity index (χ3n) is 6.49. The highest BCUT2D eigenvalue weighted by Gasteiger charge is 2.34. The summed E-state index contributed by atoms with van der Waals surface area (Å²) in [6.07, 6.45) is 7.78. The number of fused-ring (bicyclic) bond motifs is 1. The van der Waals surface area contributed by atoms with Gasteiger partial charge in [0.05, 0.1) is 4.90 Å². The first-order chi connectivity index (χ1) is 13.5. The van der Waals surface area contributed by atoms with Gasteiger partial charge in [0.2, 0.25) is 15.9 Å². The van der Waals surface area contributed by atoms with E-state index in [9.17, 15) is 13.2 Å². The minimum atomic E-state index is -3.54. The van der Waals surface area contributed by atoms with Gasteiger partial charge < -0.3 is 4.90 Å². The van der Waals surface area contributed by atoms with Gasteiger partial charge in [0.15, 0.2) is 0 Å². The Kier molecular flexibility index (Phi) is 5.76. The summed E-state index contributed by atoms with van der Waals surface area (Å²) in [4.78, 5) is 16.4. The Morgan fingerprint density at radius 3 is 2.46 bits per heavy atom. The number of anilines is 1. The maximum absolute atomic E-state index is 13.4. The second-order valence-corrected chi connectivity index (χ2v) is 10.3. The third-order valence-corrected chi connectivity index (χ3v) is 8.35. The number of carbonyl (C=O) groups excluding carboxylic acids is 1. The van der Waals surface area contributed by atoms with Crippen molar-refractivity contribution < 1.29 is 13.2 Å². The summed E-state index contributed by atoms with van der Waals surface area (Å²) in [5, 5.41) is 0. The first-order valence-corrected chi connectivity index (χ1v) is 12.1. The van der Waals surface area contributed by atoms with Crippen molar-refractivity contribution in [2.75, 3.05) is 37.6 Å². The van der Waals surface area contributed by atoms with Crippen molar-refractivity contribution in [3.63, 3.8) is 0 Å². The maximum Gasteiger partial charge on any atom is 0.243 e. The number of nitrogens with zero attached hydrogens (tertiary/aromatic N) is 3. The van der Waals surface area contributed by atoms with Gasteiger partial charge >= 0.3 is 0 Å². The molecule has 1 amide bonds. The molecule has 4 rings (SSSR count). The Labute approximate surface area is 168 Å². The molecule has 0 saturated carbocycles. The number of hydrogen-bond donors (Lipinski definition) is 0. The van der Waals surface area contributed by atoms with Crippen LogP contribution in [-0.4, -0.2) is 62.3 Å². The molecule has 3 heterocycles. The Morgan fingerprint density at radius 2 is 1.75 bits per heavy atom. The van der Waals surface area contributed by atoms with Gasteiger partial charge in [-0.1, -0.05) is 18.9 Å². The lowest BCUT2D eigenvalue weighted by Crippen LogP contribution is -2.50. The maximum atomic E-state index is 13.4. The second-order valence-electron chi connectivity index (χ2n) is 8.32. The van der Waals surface area contributed by atoms with Crippen LogP contribution in [-0.2, 0) is 21.2 Å². The molecule has 2 fully saturated rings. The summed E-state index contributed by atoms with van der Waals surface area (Å²) >= 11 is 0. The van der Waals surface area contributed by atoms with Gasteiger partial charge in [-0.15, -0.1) is 0 Å². The van der Waals surface area contributed by atoms with Crippen molar-refractivity contribution in [2.24, 2.45) is 0 Å². The van der Waals surface area contributed by atoms with E-state index in [2.05, 4.69) is 4.90 Å². The summed E-state index contributed by atoms with van der Waals surface area (Å²) in [6.45, 7) is 5.51. The van der Waals surface area contributed by atoms with Crippen molar-refractivity contribution in [1.82, 2.24) is 9.21 Å². The van der Waals surface area contributed by atoms with E-state index in [-0.39, 0.29) is 5.91 Å². The number of carbonyl (C=O) groups is 1. The highest BCUT2D eigenvalue weighted by molar-refractivity contribution is 7.89. The molecule has 0 radical (unpaired) electrons. The van der Waals surface area contributed by atoms with Crippen LogP contribution in [0, 0.1) is 0 Å². The molecule has 0 bridgehead atoms. The summed E-state index contributed by atoms with van der Waals surface area (Å²) < 4.78 is 28.4. The Bertz CT molecular complexity index is 831. The molecule has 0 aliphatic carbocycles. The zero-order chi connectivity index (χ0) is 19.7. The van der Waals surface area contributed by atoms with Crippen LogP contribution in [0.15, 0.2) is 23.1 Å². The molecule has 7 heteroatoms. The van der Waals surface area contributed by atoms with Gasteiger partial charge in [-0.05, 0) is 62.9 Å². The number of likely N-dealkylation sites (tertiary alicyclic amines) is 1. The van der Waals surface area contributed by atoms with E-state index in [1.54, 1.807) is 21.3 Å². The molecule has 0 spiro atoms. The highest BCUT2D eigenvalue weighted by atomic mass is 32.2. The van der Waals surface area contributed by atoms with Crippen molar-refractivity contribution in [3.8, 4) is 0 Å². The van der Waals surface area contributed by atoms with E-state index in [0.29, 0.717) is 30.6 Å². The predicted molar refractivity (Wildman–Crippen MR) is 110 cm³/mol. The zero-order valence-corrected chi connectivity index (χ0v) is 17.6. The number of piperidine rings is 1. The monoisotopic (exact) mass is 405 g/mol. The van der Waals surface area contributed by atoms with Crippen LogP contribution in [0.4, 0.5) is 5.69 Å². The number of benzene rings is 1. The minimum Gasteiger partial charge on any atom is -0.312 e. The topological polar surface area (TPSA) is 60.9 Å². The van der Waals surface area contributed by atoms with Crippen molar-refractivity contribution in [2.45, 2.75) is 62.8 Å². The van der Waals surface area contributed by atoms with E-state index < -0.39 is 10.0 Å². The molecule has 1 aromatic carbocycles. The average molecular weight is 406 g/mol. The van der Waals surface area contributed by atoms with Gasteiger partial charge in [-0.3, -0.25) is 9.69 Å². The molecule has 1 aromatic rings. The Balaban J connectivity index is 1.55. The highest BCUT2D eigenvalue weighted by Crippen LogP contribution is 2.32. The number of hydrogen-bond acceptors (Lipinski definition) is 4. The lowest BCUT2D eigenvalue weighted by atomic mass is 10.1. The van der Waals surface area contributed by atoms with Gasteiger partial charge in [-0.25, -0.2) is 8.42 Å². The molecule has 1 atom stereocenters. The molecule has 0 aromatic heterocycles. The number of amides is 1. The molecule has 0 N–H and O–H groups in total. The molecule has 6 nitrogen and oxygen atoms in total. The second kappa shape index (κ2) is 8.13. The average Bonchev–Trinajstić information content (AvgIpc) is 2.93. The molecule has 3 aliphatic rings. The predicted octanol–water partition coefficient (Wildman–Crippen LogP) is 2.62. The molecule has 1 unspecified atom stereocenters. The first kappa shape index (κ1) is 19.9. The van der Waals surface area contributed by atoms with Gasteiger partial charge in [-0.2, -0.15) is 4.31 Å². The summed E-state index contributed by atoms with van der Waals surface area (Å²) in [6, 6.07) is 5.62. The van der Waals surface area contributed by atoms with Crippen molar-refractivity contribution in [3.05, 3.63) is 23.8 Å². The van der Waals surface area contributed by atoms with Crippen LogP contribution >= 0.6 is 0 Å². The molecule has 2 saturated heterocycles. The van der Waals surface area contributed by atoms with Crippen LogP contribution in [0.2, 0.25) is 0 Å². The quantitative estimate of drug-likeness (QED) is 0.776. The fourth-order valence-electron chi connectivity index (χ4n) is 4.89. The molecule has 154 valence electrons. The fraction of sp³-hybridized carbons (Fsp3) is 0.667. The summed E-state index contributed by atoms with van der Waals surface area (Å²) in [5.74, 6) is -0.0347. The summed E-state index contributed by atoms with van der Waals surface area (Å²) in [5.41, 5.74) is 1.81. The SMILES string of the molecule is CC(=O)N1CCc2ccc(S(=O)(=O)N3CCCC(N4CCCCCC4)C3)cc21. The molecular formula is C21H31N3O3S. The minimum absolute atomic E-state index is 0.0347. The van der Waals surface area contributed by atoms with Crippen molar-refractivity contribution in [1.29, 1.82) is 0 Å². The largest absolute Gasteiger partial charge is 0.312 e. The smallest absolute Gasteiger partial charge is 0.243 e. The van der Waals surface area contributed by atoms with E-state index in [1.165, 1.54) is 32.6 Å². The van der Waals surface area contributed by atoms with Gasteiger partial charge in [0.1, 0.15) is 0 Å². The standard InChI is InChI=1S/C21H31N3O3S/c1-17(25)24-14-10-18-8-9-20(15-21(18)24)28(26,27)23-13-6-7-19(16-23)22-11-4-2-3-5-12-22/h8-9,15,19H,2-7,10-14,16H2,1H3. The molecule has 3 aliphatic heterocycles. The fourth-order valence-corrected chi connectivity index (χ4v) is 6.43. The summed E-state index contributed by atoms with van der Waals surface area (Å²) in [7, 11) is -3.54. The normalized spacial score (nSPS) is 24.8. The Hall–Kier alpha value is -1.44. The van der Waals surface area contributed by atoms with Crippen LogP contribution in [0.3, 0.4) is 0 Å². The molecular weight excluding hydrogens is 374 g/mol. The van der Waals surface area contributed by atoms with E-state index in [0.717, 1.165) is 43.6 Å². The number of sulfonamides is 1. The van der Waals surface area contributed by atoms with Crippen LogP contribution < -0.4 is 4.90 Å². The first-order valence-electron chi connectivity index (χ1n) is 10.6. The number of rotatable bonds is 3. The third kappa shape index (κ3) is 3.84. The van der Waals surface area contributed by atoms with Gasteiger partial charge in [0, 0.05) is 38.3 Å². The lowest BCUT2D eigenvalue weighted by molar-refractivity contribution is -0.116. The lowest BCUT2D eigenvalue weighted by Gasteiger charge is -2.38. The Morgan fingerprint density at radius 1 is 1.00 bits per heavy atom. The van der Waals surface area contributed by atoms with E-state index >= 15 is 0 Å². The van der Waals surface area contributed by atoms with E-state index in [4.69, 9.17) is 0 Å². The van der Waals surface area contributed by atoms with Crippen LogP contribution in [0.25, 0.3) is 0 Å². The van der Waals surface area contributed by atoms with Crippen LogP contribution in [0.5, 0.6) is 0 Å². The van der Waals surface area contributed by atoms with Crippen molar-refractivity contribution >= 4 is 21.6 Å². The van der Waals surface area contributed by atoms with E-state index in [1.807, 2.05) is 6.07 Å².